The summed E-state index contributed by atoms with van der Waals surface area (Å²) in [6, 6.07) is 127. The number of hydrogen-bond acceptors (Lipinski definition) is 0. The molecule has 0 aliphatic carbocycles. The number of nitrogens with zero attached hydrogens (tertiary/aromatic N) is 8. The Hall–Kier alpha value is -15.6. The Kier molecular flexibility index (Phi) is 13.9. The molecule has 0 saturated heterocycles. The molecule has 0 fully saturated rings. The van der Waals surface area contributed by atoms with Gasteiger partial charge in [-0.25, -0.2) is 0 Å². The molecule has 128 heavy (non-hydrogen) atoms. The highest BCUT2D eigenvalue weighted by Crippen LogP contribution is 2.58. The van der Waals surface area contributed by atoms with E-state index >= 15 is 0 Å². The van der Waals surface area contributed by atoms with Crippen molar-refractivity contribution in [3.8, 4) is 22.7 Å². The van der Waals surface area contributed by atoms with Crippen LogP contribution in [-0.4, -0.2) is 35.9 Å². The van der Waals surface area contributed by atoms with Gasteiger partial charge >= 0.3 is 0 Å². The number of para-hydroxylation sites is 12. The fourth-order valence-corrected chi connectivity index (χ4v) is 25.3. The number of rotatable bonds is 8. The van der Waals surface area contributed by atoms with Gasteiger partial charge in [-0.2, -0.15) is 0 Å². The molecule has 8 heteroatoms. The van der Waals surface area contributed by atoms with E-state index in [0.717, 1.165) is 0 Å². The van der Waals surface area contributed by atoms with Gasteiger partial charge in [-0.15, -0.1) is 0 Å². The quantitative estimate of drug-likeness (QED) is 0.145. The fraction of sp³-hybridized carbons (Fsp3) is 0.100. The van der Waals surface area contributed by atoms with Crippen molar-refractivity contribution in [3.05, 3.63) is 362 Å². The lowest BCUT2D eigenvalue weighted by Gasteiger charge is -2.19. The molecule has 18 aromatic carbocycles. The molecule has 12 heterocycles. The van der Waals surface area contributed by atoms with E-state index in [4.69, 9.17) is 0 Å². The Balaban J connectivity index is 0.000000127. The molecule has 0 aliphatic heterocycles. The predicted octanol–water partition coefficient (Wildman–Crippen LogP) is 32.9. The van der Waals surface area contributed by atoms with Crippen LogP contribution in [0, 0.1) is 0 Å². The van der Waals surface area contributed by atoms with Gasteiger partial charge in [0.05, 0.1) is 110 Å². The monoisotopic (exact) mass is 1640 g/mol. The van der Waals surface area contributed by atoms with Gasteiger partial charge in [0.25, 0.3) is 0 Å². The SMILES string of the molecule is CC(C)c1c2c3cccc4c5ccc6c(c7ccccc7n6-c6ccccc6)c5n(c2c(C(C)C)c2c5cccc6c7ccc8c(c9ccccc9n8-c8ccccc8)c7n(c12)c65)c43.CC(C)c1c2c3cccc4c5ccc6c7ccccc7n(-c7ccccc7)c6c5n(c2c(C(C)C)c2c5cccc6c7ccc8c9ccccc9n(-c9ccccc9)c8c7n(c12)c65)c43. The number of fused-ring (bicyclic) bond motifs is 40. The van der Waals surface area contributed by atoms with Crippen LogP contribution in [0.25, 0.3) is 262 Å². The van der Waals surface area contributed by atoms with Crippen molar-refractivity contribution in [3.63, 3.8) is 0 Å². The average Bonchev–Trinajstić information content (AvgIpc) is 1.49. The second-order valence-electron chi connectivity index (χ2n) is 37.5. The van der Waals surface area contributed by atoms with Crippen molar-refractivity contribution in [2.75, 3.05) is 0 Å². The molecule has 0 spiro atoms. The summed E-state index contributed by atoms with van der Waals surface area (Å²) >= 11 is 0. The third-order valence-electron chi connectivity index (χ3n) is 29.7. The number of aromatic nitrogens is 8. The first-order valence-corrected chi connectivity index (χ1v) is 45.7. The molecule has 0 radical (unpaired) electrons. The van der Waals surface area contributed by atoms with Crippen LogP contribution in [0.3, 0.4) is 0 Å². The lowest BCUT2D eigenvalue weighted by atomic mass is 9.87. The van der Waals surface area contributed by atoms with Crippen molar-refractivity contribution in [2.24, 2.45) is 0 Å². The Morgan fingerprint density at radius 2 is 0.344 bits per heavy atom. The van der Waals surface area contributed by atoms with Gasteiger partial charge in [0, 0.05) is 152 Å². The number of benzene rings is 18. The summed E-state index contributed by atoms with van der Waals surface area (Å²) in [5.41, 5.74) is 36.2. The molecule has 0 bridgehead atoms. The van der Waals surface area contributed by atoms with E-state index in [1.54, 1.807) is 0 Å². The van der Waals surface area contributed by atoms with Crippen LogP contribution in [-0.2, 0) is 0 Å². The van der Waals surface area contributed by atoms with E-state index in [9.17, 15) is 0 Å². The van der Waals surface area contributed by atoms with Gasteiger partial charge < -0.3 is 35.9 Å². The number of hydrogen-bond donors (Lipinski definition) is 0. The Bertz CT molecular complexity index is 9490. The minimum atomic E-state index is 0.228. The highest BCUT2D eigenvalue weighted by molar-refractivity contribution is 6.39. The molecule has 0 saturated carbocycles. The second-order valence-corrected chi connectivity index (χ2v) is 37.5. The maximum Gasteiger partial charge on any atom is 0.0789 e. The van der Waals surface area contributed by atoms with Crippen LogP contribution < -0.4 is 0 Å². The Morgan fingerprint density at radius 1 is 0.133 bits per heavy atom. The molecule has 12 aromatic heterocycles. The second kappa shape index (κ2) is 25.1. The van der Waals surface area contributed by atoms with Gasteiger partial charge in [0.15, 0.2) is 0 Å². The minimum Gasteiger partial charge on any atom is -0.309 e. The predicted molar refractivity (Wildman–Crippen MR) is 545 cm³/mol. The summed E-state index contributed by atoms with van der Waals surface area (Å²) in [5, 5.41) is 31.7. The summed E-state index contributed by atoms with van der Waals surface area (Å²) in [7, 11) is 0. The molecule has 0 aliphatic rings. The van der Waals surface area contributed by atoms with E-state index in [2.05, 4.69) is 431 Å². The van der Waals surface area contributed by atoms with E-state index in [-0.39, 0.29) is 23.7 Å². The topological polar surface area (TPSA) is 37.4 Å². The van der Waals surface area contributed by atoms with Crippen molar-refractivity contribution in [2.45, 2.75) is 79.1 Å². The minimum absolute atomic E-state index is 0.228. The smallest absolute Gasteiger partial charge is 0.0789 e. The Morgan fingerprint density at radius 3 is 0.641 bits per heavy atom. The van der Waals surface area contributed by atoms with E-state index in [0.29, 0.717) is 0 Å². The van der Waals surface area contributed by atoms with Crippen molar-refractivity contribution in [1.82, 2.24) is 35.9 Å². The van der Waals surface area contributed by atoms with Gasteiger partial charge in [0.2, 0.25) is 0 Å². The average molecular weight is 1640 g/mol. The van der Waals surface area contributed by atoms with Gasteiger partial charge in [0.1, 0.15) is 0 Å². The highest BCUT2D eigenvalue weighted by Gasteiger charge is 2.37. The lowest BCUT2D eigenvalue weighted by molar-refractivity contribution is 0.869. The Labute approximate surface area is 734 Å². The van der Waals surface area contributed by atoms with Crippen LogP contribution in [0.5, 0.6) is 0 Å². The van der Waals surface area contributed by atoms with Crippen LogP contribution in [0.15, 0.2) is 340 Å². The first kappa shape index (κ1) is 70.7. The molecule has 30 rings (SSSR count). The lowest BCUT2D eigenvalue weighted by Crippen LogP contribution is -2.02. The van der Waals surface area contributed by atoms with Crippen molar-refractivity contribution in [1.29, 1.82) is 0 Å². The molecule has 0 unspecified atom stereocenters. The molecule has 8 nitrogen and oxygen atoms in total. The van der Waals surface area contributed by atoms with Crippen molar-refractivity contribution < 1.29 is 0 Å². The van der Waals surface area contributed by atoms with Crippen LogP contribution in [0.2, 0.25) is 0 Å². The summed E-state index contributed by atoms with van der Waals surface area (Å²) in [4.78, 5) is 0. The molecule has 0 amide bonds. The third kappa shape index (κ3) is 8.57. The van der Waals surface area contributed by atoms with Crippen LogP contribution in [0.1, 0.15) is 101 Å². The van der Waals surface area contributed by atoms with Crippen LogP contribution >= 0.6 is 0 Å². The largest absolute Gasteiger partial charge is 0.309 e. The van der Waals surface area contributed by atoms with Gasteiger partial charge in [-0.3, -0.25) is 0 Å². The molecule has 0 N–H and O–H groups in total. The van der Waals surface area contributed by atoms with Gasteiger partial charge in [-0.1, -0.05) is 310 Å². The maximum atomic E-state index is 2.72. The first-order chi connectivity index (χ1) is 63.0. The zero-order valence-corrected chi connectivity index (χ0v) is 72.2. The van der Waals surface area contributed by atoms with E-state index in [1.807, 2.05) is 0 Å². The highest BCUT2D eigenvalue weighted by atomic mass is 15.1. The van der Waals surface area contributed by atoms with Crippen molar-refractivity contribution >= 4 is 240 Å². The maximum absolute atomic E-state index is 2.72. The summed E-state index contributed by atoms with van der Waals surface area (Å²) in [6.07, 6.45) is 0. The molecular weight excluding hydrogens is 1550 g/mol. The van der Waals surface area contributed by atoms with Crippen LogP contribution in [0.4, 0.5) is 0 Å². The summed E-state index contributed by atoms with van der Waals surface area (Å²) in [6.45, 7) is 19.4. The first-order valence-electron chi connectivity index (χ1n) is 45.7. The molecule has 30 aromatic rings. The third-order valence-corrected chi connectivity index (χ3v) is 29.7. The molecule has 0 atom stereocenters. The molecular formula is C120H84N8. The zero-order valence-electron chi connectivity index (χ0n) is 72.2. The fourth-order valence-electron chi connectivity index (χ4n) is 25.3. The normalized spacial score (nSPS) is 13.0. The van der Waals surface area contributed by atoms with E-state index in [1.165, 1.54) is 285 Å². The molecule has 604 valence electrons. The summed E-state index contributed by atoms with van der Waals surface area (Å²) in [5.74, 6) is 0.932. The standard InChI is InChI=1S/2C60H42N4/c1-33(2)49-53-43-25-15-23-37-40-30-32-48-52(42-22-12-14-28-46(42)62(48)36-19-9-6-10-20-36)58(40)64(55(37)43)60(53)50(34(3)4)54-44-26-16-24-38-39-29-31-47-51(57(39)63(56(38)44)59(49)54)41-21-11-13-27-45(41)61(47)35-17-7-5-8-18-35;1-33(2)49-51-45-25-15-23-39-44-32-30-42-38-22-12-14-28-48(38)62(36-19-9-6-10-20-36)56(42)58(44)64(53(39)45)60(51)50(34(3)4)52-46-26-16-24-40-43-31-29-41-37-21-11-13-27-47(37)61(35-17-7-5-8-18-35)55(41)57(43)63(54(40)46)59(49)52/h2*5-34H,1-4H3. The zero-order chi connectivity index (χ0) is 84.5. The summed E-state index contributed by atoms with van der Waals surface area (Å²) < 4.78 is 20.8. The van der Waals surface area contributed by atoms with Gasteiger partial charge in [-0.05, 0) is 131 Å². The van der Waals surface area contributed by atoms with E-state index < -0.39 is 0 Å².